The van der Waals surface area contributed by atoms with Crippen LogP contribution in [-0.4, -0.2) is 145 Å². The third kappa shape index (κ3) is 16.4. The van der Waals surface area contributed by atoms with Gasteiger partial charge in [0.25, 0.3) is 5.84 Å². The summed E-state index contributed by atoms with van der Waals surface area (Å²) in [5.74, 6) is 6.66. The summed E-state index contributed by atoms with van der Waals surface area (Å²) in [6.07, 6.45) is 13.0. The topological polar surface area (TPSA) is 200 Å². The molecule has 4 N–H and O–H groups in total. The summed E-state index contributed by atoms with van der Waals surface area (Å²) in [6, 6.07) is 36.2. The fraction of sp³-hybridized carbons (Fsp3) is 0.431. The van der Waals surface area contributed by atoms with E-state index in [1.807, 2.05) is 91.2 Å². The first-order valence-corrected chi connectivity index (χ1v) is 32.7. The molecule has 4 amide bonds. The van der Waals surface area contributed by atoms with Crippen molar-refractivity contribution < 1.29 is 34.0 Å². The standard InChI is InChI=1S/C72H84N10O6S/c1-50-67(89-49-77-50)57-32-28-52(29-33-57)43-75-70(87)61-42-59(84)47-81(61)71(88)60(72(2,3)4)44-74-62(85)26-15-5-6-16-27-63(86)79-39-37-78(38-40-79)36-17-9-10-19-51-20-18-21-54(41-51)46-82-66(56-24-13-8-14-25-56)64(55-22-11-7-12-23-55)65-68(73)80(48-76-69(65)82)45-53-30-34-58(83)35-31-53/h7-8,11-14,18,20-25,28-29,32-33,41,44-45,48-49,53,58-61,73,83-84H,5-6,9,15-17,26-27,30-31,34-40,42-43,46-47H2,1-4H3/p+1/t53?,58?,59-,60?,61+/m1/s1. The molecule has 5 heterocycles. The number of rotatable bonds is 21. The lowest BCUT2D eigenvalue weighted by Crippen LogP contribution is -2.50. The number of fused-ring (bicyclic) bond motifs is 1. The second kappa shape index (κ2) is 30.0. The number of aliphatic hydroxyl groups is 2. The highest BCUT2D eigenvalue weighted by molar-refractivity contribution is 7.13. The Bertz CT molecular complexity index is 3610. The minimum atomic E-state index is -0.846. The molecule has 1 unspecified atom stereocenters. The summed E-state index contributed by atoms with van der Waals surface area (Å²) in [7, 11) is 0. The van der Waals surface area contributed by atoms with E-state index in [-0.39, 0.29) is 61.6 Å². The Morgan fingerprint density at radius 1 is 0.809 bits per heavy atom. The van der Waals surface area contributed by atoms with Gasteiger partial charge in [0.1, 0.15) is 11.6 Å². The lowest BCUT2D eigenvalue weighted by Gasteiger charge is -2.34. The molecule has 10 rings (SSSR count). The summed E-state index contributed by atoms with van der Waals surface area (Å²) in [5, 5.41) is 33.5. The Labute approximate surface area is 528 Å². The molecule has 0 spiro atoms. The number of carbonyl (C=O) groups is 4. The fourth-order valence-corrected chi connectivity index (χ4v) is 13.4. The summed E-state index contributed by atoms with van der Waals surface area (Å²) in [4.78, 5) is 74.4. The SMILES string of the molecule is Cc1ncsc1-c1ccc(CNC(=O)[C@@H]2C[C@@H](O)CN2C(=O)C(C=NC(=O)CCCCCCC(=O)N2CCN(CCCC#Cc3cccc(Cn4c5c(c(-c6ccccc6)c4-c4ccccc4)C(=N)[N+](=CC4CCC(O)CC4)C=N5)c3)CC2)C(C)(C)C)cc1. The van der Waals surface area contributed by atoms with E-state index in [4.69, 9.17) is 4.99 Å². The number of benzene rings is 4. The molecule has 0 bridgehead atoms. The largest absolute Gasteiger partial charge is 0.393 e. The van der Waals surface area contributed by atoms with E-state index in [9.17, 15) is 34.8 Å². The van der Waals surface area contributed by atoms with Crippen molar-refractivity contribution in [1.29, 1.82) is 5.41 Å². The van der Waals surface area contributed by atoms with E-state index >= 15 is 0 Å². The number of nitrogens with one attached hydrogen (secondary N) is 2. The Balaban J connectivity index is 0.644. The number of carbonyl (C=O) groups excluding carboxylic acids is 4. The number of β-amino-alcohol motifs (C(OH)–C–C–N with tert-alkyl or cyclic N) is 1. The number of aliphatic hydroxyl groups excluding tert-OH is 2. The van der Waals surface area contributed by atoms with Crippen LogP contribution < -0.4 is 5.32 Å². The molecule has 6 aromatic rings. The van der Waals surface area contributed by atoms with Gasteiger partial charge in [-0.2, -0.15) is 5.41 Å². The highest BCUT2D eigenvalue weighted by Gasteiger charge is 2.44. The van der Waals surface area contributed by atoms with E-state index < -0.39 is 23.5 Å². The number of hydrogen-bond donors (Lipinski definition) is 4. The Kier molecular flexibility index (Phi) is 21.6. The maximum atomic E-state index is 14.1. The predicted molar refractivity (Wildman–Crippen MR) is 354 cm³/mol. The van der Waals surface area contributed by atoms with Crippen LogP contribution in [0.3, 0.4) is 0 Å². The zero-order valence-electron chi connectivity index (χ0n) is 52.0. The van der Waals surface area contributed by atoms with Crippen LogP contribution in [0.5, 0.6) is 0 Å². The number of unbranched alkanes of at least 4 members (excludes halogenated alkanes) is 4. The van der Waals surface area contributed by atoms with Crippen molar-refractivity contribution in [3.63, 3.8) is 0 Å². The summed E-state index contributed by atoms with van der Waals surface area (Å²) in [6.45, 7) is 12.5. The molecule has 464 valence electrons. The molecular weight excluding hydrogens is 1130 g/mol. The van der Waals surface area contributed by atoms with Crippen molar-refractivity contribution >= 4 is 65.4 Å². The van der Waals surface area contributed by atoms with Crippen molar-refractivity contribution in [3.8, 4) is 44.7 Å². The van der Waals surface area contributed by atoms with Crippen LogP contribution in [0.4, 0.5) is 5.82 Å². The third-order valence-electron chi connectivity index (χ3n) is 17.7. The molecule has 1 saturated carbocycles. The van der Waals surface area contributed by atoms with E-state index in [1.165, 1.54) is 11.1 Å². The maximum Gasteiger partial charge on any atom is 0.271 e. The van der Waals surface area contributed by atoms with Crippen LogP contribution in [0.1, 0.15) is 132 Å². The van der Waals surface area contributed by atoms with Gasteiger partial charge in [0.2, 0.25) is 35.8 Å². The Morgan fingerprint density at radius 2 is 1.52 bits per heavy atom. The van der Waals surface area contributed by atoms with Gasteiger partial charge in [-0.3, -0.25) is 24.1 Å². The van der Waals surface area contributed by atoms with E-state index in [2.05, 4.69) is 103 Å². The van der Waals surface area contributed by atoms with Gasteiger partial charge in [0, 0.05) is 88.2 Å². The van der Waals surface area contributed by atoms with Gasteiger partial charge < -0.3 is 29.9 Å². The van der Waals surface area contributed by atoms with Crippen LogP contribution in [-0.2, 0) is 32.3 Å². The first-order valence-electron chi connectivity index (χ1n) is 31.8. The van der Waals surface area contributed by atoms with Crippen molar-refractivity contribution in [2.75, 3.05) is 39.3 Å². The van der Waals surface area contributed by atoms with Crippen molar-refractivity contribution in [2.24, 2.45) is 27.2 Å². The molecule has 1 aliphatic carbocycles. The lowest BCUT2D eigenvalue weighted by atomic mass is 9.80. The molecule has 2 saturated heterocycles. The van der Waals surface area contributed by atoms with Gasteiger partial charge in [0.15, 0.2) is 0 Å². The first kappa shape index (κ1) is 64.0. The number of hydrogen-bond acceptors (Lipinski definition) is 11. The maximum absolute atomic E-state index is 14.1. The molecule has 3 atom stereocenters. The number of nitrogens with zero attached hydrogens (tertiary/aromatic N) is 8. The van der Waals surface area contributed by atoms with E-state index in [0.717, 1.165) is 144 Å². The smallest absolute Gasteiger partial charge is 0.271 e. The number of amidine groups is 1. The highest BCUT2D eigenvalue weighted by Crippen LogP contribution is 2.45. The number of thiazole rings is 1. The zero-order valence-corrected chi connectivity index (χ0v) is 52.8. The quantitative estimate of drug-likeness (QED) is 0.0236. The first-order chi connectivity index (χ1) is 43.1. The summed E-state index contributed by atoms with van der Waals surface area (Å²) in [5.41, 5.74) is 11.1. The average molecular weight is 1220 g/mol. The molecule has 89 heavy (non-hydrogen) atoms. The van der Waals surface area contributed by atoms with Gasteiger partial charge in [-0.25, -0.2) is 14.6 Å². The normalized spacial score (nSPS) is 19.5. The van der Waals surface area contributed by atoms with Crippen LogP contribution in [0.2, 0.25) is 0 Å². The minimum Gasteiger partial charge on any atom is -0.393 e. The van der Waals surface area contributed by atoms with Gasteiger partial charge in [-0.05, 0) is 104 Å². The molecular formula is C72H85N10O6S+. The Morgan fingerprint density at radius 3 is 2.21 bits per heavy atom. The molecule has 2 aromatic heterocycles. The molecule has 4 aliphatic rings. The molecule has 4 aromatic carbocycles. The minimum absolute atomic E-state index is 0.0248. The number of likely N-dealkylation sites (tertiary alicyclic amines) is 1. The second-order valence-corrected chi connectivity index (χ2v) is 26.1. The summed E-state index contributed by atoms with van der Waals surface area (Å²) < 4.78 is 4.13. The van der Waals surface area contributed by atoms with Crippen LogP contribution in [0.25, 0.3) is 32.8 Å². The van der Waals surface area contributed by atoms with Crippen LogP contribution in [0.15, 0.2) is 125 Å². The van der Waals surface area contributed by atoms with E-state index in [1.54, 1.807) is 17.7 Å². The molecule has 16 nitrogen and oxygen atoms in total. The number of aromatic nitrogens is 2. The van der Waals surface area contributed by atoms with E-state index in [0.29, 0.717) is 38.3 Å². The molecule has 0 radical (unpaired) electrons. The van der Waals surface area contributed by atoms with Crippen LogP contribution >= 0.6 is 11.3 Å². The Hall–Kier alpha value is -8.01. The number of aliphatic imine (C=N–C) groups is 2. The fourth-order valence-electron chi connectivity index (χ4n) is 12.6. The number of piperazine rings is 1. The number of aryl methyl sites for hydroxylation is 1. The predicted octanol–water partition coefficient (Wildman–Crippen LogP) is 11.1. The summed E-state index contributed by atoms with van der Waals surface area (Å²) >= 11 is 1.58. The molecule has 17 heteroatoms. The van der Waals surface area contributed by atoms with Crippen LogP contribution in [0, 0.1) is 41.4 Å². The monoisotopic (exact) mass is 1220 g/mol. The third-order valence-corrected chi connectivity index (χ3v) is 18.6. The molecule has 3 fully saturated rings. The van der Waals surface area contributed by atoms with Crippen molar-refractivity contribution in [3.05, 3.63) is 143 Å². The van der Waals surface area contributed by atoms with Gasteiger partial charge in [-0.15, -0.1) is 11.3 Å². The van der Waals surface area contributed by atoms with Crippen molar-refractivity contribution in [1.82, 2.24) is 29.6 Å². The van der Waals surface area contributed by atoms with Gasteiger partial charge in [-0.1, -0.05) is 148 Å². The van der Waals surface area contributed by atoms with Gasteiger partial charge >= 0.3 is 0 Å². The van der Waals surface area contributed by atoms with Gasteiger partial charge in [0.05, 0.1) is 52.7 Å². The van der Waals surface area contributed by atoms with Crippen molar-refractivity contribution in [2.45, 2.75) is 143 Å². The lowest BCUT2D eigenvalue weighted by molar-refractivity contribution is -0.256. The average Bonchev–Trinajstić information content (AvgIpc) is 1.67. The second-order valence-electron chi connectivity index (χ2n) is 25.3. The number of amides is 4. The molecule has 3 aliphatic heterocycles. The zero-order chi connectivity index (χ0) is 62.4. The highest BCUT2D eigenvalue weighted by atomic mass is 32.1.